The predicted octanol–water partition coefficient (Wildman–Crippen LogP) is 4.69. The lowest BCUT2D eigenvalue weighted by Gasteiger charge is -2.47. The van der Waals surface area contributed by atoms with Crippen molar-refractivity contribution in [2.75, 3.05) is 33.3 Å². The summed E-state index contributed by atoms with van der Waals surface area (Å²) in [5, 5.41) is 0. The van der Waals surface area contributed by atoms with Crippen LogP contribution in [0.2, 0.25) is 0 Å². The van der Waals surface area contributed by atoms with Crippen LogP contribution in [0.1, 0.15) is 41.6 Å². The van der Waals surface area contributed by atoms with Gasteiger partial charge in [0.1, 0.15) is 11.3 Å². The van der Waals surface area contributed by atoms with E-state index in [-0.39, 0.29) is 22.4 Å². The molecular weight excluding hydrogens is 454 g/mol. The molecule has 2 aliphatic heterocycles. The highest BCUT2D eigenvalue weighted by Crippen LogP contribution is 2.42. The van der Waals surface area contributed by atoms with Gasteiger partial charge >= 0.3 is 0 Å². The number of amides is 1. The minimum atomic E-state index is -0.314. The van der Waals surface area contributed by atoms with Crippen molar-refractivity contribution in [3.05, 3.63) is 88.3 Å². The number of aromatic amines is 1. The lowest BCUT2D eigenvalue weighted by molar-refractivity contribution is 0.0283. The van der Waals surface area contributed by atoms with E-state index in [2.05, 4.69) is 22.0 Å². The lowest BCUT2D eigenvalue weighted by Crippen LogP contribution is -2.48. The summed E-state index contributed by atoms with van der Waals surface area (Å²) in [4.78, 5) is 31.8. The number of para-hydroxylation sites is 3. The largest absolute Gasteiger partial charge is 0.493 e. The molecule has 2 aromatic carbocycles. The summed E-state index contributed by atoms with van der Waals surface area (Å²) >= 11 is 0. The van der Waals surface area contributed by atoms with Crippen LogP contribution in [0.25, 0.3) is 0 Å². The average molecular weight is 488 g/mol. The first kappa shape index (κ1) is 24.1. The van der Waals surface area contributed by atoms with Crippen molar-refractivity contribution in [1.82, 2.24) is 14.8 Å². The number of piperidine rings is 2. The molecule has 7 nitrogen and oxygen atoms in total. The van der Waals surface area contributed by atoms with Crippen LogP contribution in [-0.2, 0) is 6.54 Å². The lowest BCUT2D eigenvalue weighted by atomic mass is 9.71. The number of H-pyrrole nitrogens is 1. The fraction of sp³-hybridized carbons (Fsp3) is 0.379. The van der Waals surface area contributed by atoms with Crippen LogP contribution in [0.15, 0.2) is 71.7 Å². The van der Waals surface area contributed by atoms with Crippen LogP contribution >= 0.6 is 0 Å². The van der Waals surface area contributed by atoms with Crippen LogP contribution in [0.3, 0.4) is 0 Å². The van der Waals surface area contributed by atoms with Crippen LogP contribution in [0.4, 0.5) is 0 Å². The van der Waals surface area contributed by atoms with Crippen molar-refractivity contribution in [3.8, 4) is 17.2 Å². The van der Waals surface area contributed by atoms with Gasteiger partial charge in [0.05, 0.1) is 7.11 Å². The monoisotopic (exact) mass is 487 g/mol. The van der Waals surface area contributed by atoms with Gasteiger partial charge in [-0.3, -0.25) is 14.5 Å². The molecule has 2 fully saturated rings. The summed E-state index contributed by atoms with van der Waals surface area (Å²) in [5.74, 6) is 2.12. The van der Waals surface area contributed by atoms with E-state index in [1.165, 1.54) is 0 Å². The van der Waals surface area contributed by atoms with Crippen molar-refractivity contribution in [1.29, 1.82) is 0 Å². The smallest absolute Gasteiger partial charge is 0.260 e. The molecule has 1 aromatic heterocycles. The fourth-order valence-electron chi connectivity index (χ4n) is 5.43. The topological polar surface area (TPSA) is 74.9 Å². The van der Waals surface area contributed by atoms with E-state index >= 15 is 0 Å². The summed E-state index contributed by atoms with van der Waals surface area (Å²) in [6.45, 7) is 4.30. The maximum atomic E-state index is 12.8. The minimum absolute atomic E-state index is 0.157. The highest BCUT2D eigenvalue weighted by Gasteiger charge is 2.39. The molecule has 3 heterocycles. The number of carbonyl (C=O) groups excluding carboxylic acids is 1. The van der Waals surface area contributed by atoms with Crippen LogP contribution < -0.4 is 15.0 Å². The third-order valence-electron chi connectivity index (χ3n) is 7.73. The van der Waals surface area contributed by atoms with Gasteiger partial charge in [0, 0.05) is 31.4 Å². The second-order valence-corrected chi connectivity index (χ2v) is 9.84. The molecule has 0 atom stereocenters. The molecule has 36 heavy (non-hydrogen) atoms. The van der Waals surface area contributed by atoms with Crippen molar-refractivity contribution in [3.63, 3.8) is 0 Å². The molecule has 5 rings (SSSR count). The first-order chi connectivity index (χ1) is 17.6. The highest BCUT2D eigenvalue weighted by molar-refractivity contribution is 5.93. The van der Waals surface area contributed by atoms with Crippen molar-refractivity contribution >= 4 is 5.91 Å². The number of nitrogens with one attached hydrogen (secondary N) is 1. The third kappa shape index (κ3) is 5.16. The number of rotatable bonds is 6. The standard InChI is InChI=1S/C29H33N3O4/c1-35-25-10-4-5-11-26(25)36-24-9-3-2-7-22(24)21-31-17-12-29(13-18-31)14-19-32(20-15-29)28(34)23-8-6-16-30-27(23)33/h2-11,16H,12-15,17-21H2,1H3,(H,30,33). The summed E-state index contributed by atoms with van der Waals surface area (Å²) in [7, 11) is 1.65. The molecule has 2 aliphatic rings. The number of pyridine rings is 1. The number of methoxy groups -OCH3 is 1. The maximum absolute atomic E-state index is 12.8. The van der Waals surface area contributed by atoms with E-state index in [0.717, 1.165) is 56.6 Å². The predicted molar refractivity (Wildman–Crippen MR) is 139 cm³/mol. The first-order valence-corrected chi connectivity index (χ1v) is 12.7. The molecular formula is C29H33N3O4. The highest BCUT2D eigenvalue weighted by atomic mass is 16.5. The van der Waals surface area contributed by atoms with Gasteiger partial charge in [0.2, 0.25) is 0 Å². The number of hydrogen-bond donors (Lipinski definition) is 1. The van der Waals surface area contributed by atoms with Gasteiger partial charge < -0.3 is 19.4 Å². The van der Waals surface area contributed by atoms with Gasteiger partial charge in [-0.2, -0.15) is 0 Å². The van der Waals surface area contributed by atoms with E-state index in [0.29, 0.717) is 24.6 Å². The van der Waals surface area contributed by atoms with Gasteiger partial charge in [-0.15, -0.1) is 0 Å². The van der Waals surface area contributed by atoms with Gasteiger partial charge in [-0.1, -0.05) is 30.3 Å². The van der Waals surface area contributed by atoms with E-state index in [4.69, 9.17) is 9.47 Å². The summed E-state index contributed by atoms with van der Waals surface area (Å²) in [5.41, 5.74) is 1.36. The number of ether oxygens (including phenoxy) is 2. The Morgan fingerprint density at radius 3 is 2.19 bits per heavy atom. The van der Waals surface area contributed by atoms with Gasteiger partial charge in [0.25, 0.3) is 11.5 Å². The Labute approximate surface area is 211 Å². The van der Waals surface area contributed by atoms with E-state index < -0.39 is 0 Å². The fourth-order valence-corrected chi connectivity index (χ4v) is 5.43. The molecule has 188 valence electrons. The Bertz CT molecular complexity index is 1250. The first-order valence-electron chi connectivity index (χ1n) is 12.7. The van der Waals surface area contributed by atoms with Gasteiger partial charge in [-0.05, 0) is 74.5 Å². The molecule has 0 bridgehead atoms. The van der Waals surface area contributed by atoms with Crippen molar-refractivity contribution in [2.45, 2.75) is 32.2 Å². The summed E-state index contributed by atoms with van der Waals surface area (Å²) in [6, 6.07) is 19.2. The molecule has 1 N–H and O–H groups in total. The Morgan fingerprint density at radius 2 is 1.50 bits per heavy atom. The number of carbonyl (C=O) groups is 1. The molecule has 2 saturated heterocycles. The van der Waals surface area contributed by atoms with Crippen molar-refractivity contribution in [2.24, 2.45) is 5.41 Å². The SMILES string of the molecule is COc1ccccc1Oc1ccccc1CN1CCC2(CC1)CCN(C(=O)c1ccc[nH]c1=O)CC2. The quantitative estimate of drug-likeness (QED) is 0.546. The molecule has 1 spiro atoms. The minimum Gasteiger partial charge on any atom is -0.493 e. The Balaban J connectivity index is 1.17. The van der Waals surface area contributed by atoms with E-state index in [9.17, 15) is 9.59 Å². The second kappa shape index (κ2) is 10.6. The molecule has 0 aliphatic carbocycles. The normalized spacial score (nSPS) is 17.6. The summed E-state index contributed by atoms with van der Waals surface area (Å²) < 4.78 is 11.7. The molecule has 0 radical (unpaired) electrons. The Hall–Kier alpha value is -3.58. The van der Waals surface area contributed by atoms with Crippen LogP contribution in [0, 0.1) is 5.41 Å². The zero-order valence-electron chi connectivity index (χ0n) is 20.7. The summed E-state index contributed by atoms with van der Waals surface area (Å²) in [6.07, 6.45) is 5.78. The maximum Gasteiger partial charge on any atom is 0.260 e. The van der Waals surface area contributed by atoms with Gasteiger partial charge in [-0.25, -0.2) is 0 Å². The number of likely N-dealkylation sites (tertiary alicyclic amines) is 2. The van der Waals surface area contributed by atoms with E-state index in [1.54, 1.807) is 25.4 Å². The molecule has 3 aromatic rings. The number of hydrogen-bond acceptors (Lipinski definition) is 5. The number of nitrogens with zero attached hydrogens (tertiary/aromatic N) is 2. The molecule has 1 amide bonds. The van der Waals surface area contributed by atoms with Crippen LogP contribution in [-0.4, -0.2) is 54.0 Å². The van der Waals surface area contributed by atoms with Crippen molar-refractivity contribution < 1.29 is 14.3 Å². The average Bonchev–Trinajstić information content (AvgIpc) is 2.92. The molecule has 7 heteroatoms. The Kier molecular flexibility index (Phi) is 7.09. The molecule has 0 unspecified atom stereocenters. The third-order valence-corrected chi connectivity index (χ3v) is 7.73. The second-order valence-electron chi connectivity index (χ2n) is 9.84. The molecule has 0 saturated carbocycles. The van der Waals surface area contributed by atoms with Gasteiger partial charge in [0.15, 0.2) is 11.5 Å². The zero-order chi connectivity index (χ0) is 25.0. The number of aromatic nitrogens is 1. The van der Waals surface area contributed by atoms with E-state index in [1.807, 2.05) is 41.3 Å². The zero-order valence-corrected chi connectivity index (χ0v) is 20.7. The van der Waals surface area contributed by atoms with Crippen LogP contribution in [0.5, 0.6) is 17.2 Å². The Morgan fingerprint density at radius 1 is 0.861 bits per heavy atom. The number of benzene rings is 2.